The van der Waals surface area contributed by atoms with Crippen molar-refractivity contribution in [1.29, 1.82) is 0 Å². The van der Waals surface area contributed by atoms with Crippen LogP contribution in [0.15, 0.2) is 12.2 Å². The number of rotatable bonds is 2. The predicted molar refractivity (Wildman–Crippen MR) is 29.4 cm³/mol. The van der Waals surface area contributed by atoms with Gasteiger partial charge in [-0.25, -0.2) is 0 Å². The van der Waals surface area contributed by atoms with Crippen LogP contribution in [0, 0.1) is 6.92 Å². The Hall–Kier alpha value is -0.260. The molecule has 0 nitrogen and oxygen atoms in total. The van der Waals surface area contributed by atoms with E-state index in [-0.39, 0.29) is 0 Å². The van der Waals surface area contributed by atoms with Gasteiger partial charge in [-0.15, -0.1) is 0 Å². The molecule has 0 N–H and O–H groups in total. The van der Waals surface area contributed by atoms with Crippen LogP contribution in [-0.2, 0) is 0 Å². The fraction of sp³-hybridized carbons (Fsp3) is 0.500. The quantitative estimate of drug-likeness (QED) is 0.480. The van der Waals surface area contributed by atoms with E-state index >= 15 is 0 Å². The van der Waals surface area contributed by atoms with Crippen LogP contribution in [0.2, 0.25) is 0 Å². The molecule has 0 aromatic rings. The monoisotopic (exact) mass is 83.1 g/mol. The van der Waals surface area contributed by atoms with E-state index in [0.717, 1.165) is 0 Å². The number of allylic oxidation sites excluding steroid dienone is 2. The second kappa shape index (κ2) is 4.74. The summed E-state index contributed by atoms with van der Waals surface area (Å²) < 4.78 is 0. The largest absolute Gasteiger partial charge is 0.0885 e. The van der Waals surface area contributed by atoms with Crippen molar-refractivity contribution >= 4 is 0 Å². The third-order valence-corrected chi connectivity index (χ3v) is 0.622. The van der Waals surface area contributed by atoms with Gasteiger partial charge in [0.1, 0.15) is 0 Å². The van der Waals surface area contributed by atoms with Crippen LogP contribution in [0.1, 0.15) is 19.8 Å². The molecule has 0 aromatic carbocycles. The summed E-state index contributed by atoms with van der Waals surface area (Å²) in [6.45, 7) is 5.70. The number of hydrogen-bond donors (Lipinski definition) is 0. The third kappa shape index (κ3) is 3.74. The molecule has 0 heterocycles. The standard InChI is InChI=1S/C6H11/c1-3-5-6-4-2/h3,5H,1,4,6H2,2H3. The van der Waals surface area contributed by atoms with Crippen LogP contribution < -0.4 is 0 Å². The van der Waals surface area contributed by atoms with Crippen molar-refractivity contribution in [3.05, 3.63) is 19.1 Å². The van der Waals surface area contributed by atoms with Gasteiger partial charge in [-0.05, 0) is 13.3 Å². The van der Waals surface area contributed by atoms with Crippen LogP contribution in [0.5, 0.6) is 0 Å². The van der Waals surface area contributed by atoms with Gasteiger partial charge < -0.3 is 0 Å². The topological polar surface area (TPSA) is 0 Å². The summed E-state index contributed by atoms with van der Waals surface area (Å²) >= 11 is 0. The molecule has 0 atom stereocenters. The molecule has 0 aliphatic carbocycles. The van der Waals surface area contributed by atoms with E-state index in [1.165, 1.54) is 12.8 Å². The van der Waals surface area contributed by atoms with Crippen LogP contribution in [-0.4, -0.2) is 0 Å². The Morgan fingerprint density at radius 1 is 1.67 bits per heavy atom. The zero-order chi connectivity index (χ0) is 4.83. The summed E-state index contributed by atoms with van der Waals surface area (Å²) in [5.74, 6) is 0. The van der Waals surface area contributed by atoms with E-state index < -0.39 is 0 Å². The van der Waals surface area contributed by atoms with E-state index in [4.69, 9.17) is 0 Å². The second-order valence-corrected chi connectivity index (χ2v) is 1.26. The normalized spacial score (nSPS) is 10.3. The first-order valence-electron chi connectivity index (χ1n) is 2.36. The van der Waals surface area contributed by atoms with Gasteiger partial charge in [0.15, 0.2) is 0 Å². The van der Waals surface area contributed by atoms with Gasteiger partial charge in [-0.1, -0.05) is 25.5 Å². The molecule has 6 heavy (non-hydrogen) atoms. The van der Waals surface area contributed by atoms with E-state index in [9.17, 15) is 0 Å². The van der Waals surface area contributed by atoms with Crippen molar-refractivity contribution in [2.24, 2.45) is 0 Å². The van der Waals surface area contributed by atoms with Gasteiger partial charge in [0.25, 0.3) is 0 Å². The minimum Gasteiger partial charge on any atom is -0.0885 e. The summed E-state index contributed by atoms with van der Waals surface area (Å²) in [4.78, 5) is 0. The predicted octanol–water partition coefficient (Wildman–Crippen LogP) is 2.18. The van der Waals surface area contributed by atoms with Gasteiger partial charge in [0.2, 0.25) is 0 Å². The average molecular weight is 83.2 g/mol. The van der Waals surface area contributed by atoms with Crippen LogP contribution in [0.25, 0.3) is 0 Å². The zero-order valence-corrected chi connectivity index (χ0v) is 4.28. The Bertz CT molecular complexity index is 35.3. The molecular weight excluding hydrogens is 72.1 g/mol. The van der Waals surface area contributed by atoms with Crippen molar-refractivity contribution in [1.82, 2.24) is 0 Å². The van der Waals surface area contributed by atoms with E-state index in [1.54, 1.807) is 0 Å². The molecule has 0 amide bonds. The Morgan fingerprint density at radius 2 is 2.33 bits per heavy atom. The fourth-order valence-electron chi connectivity index (χ4n) is 0.285. The van der Waals surface area contributed by atoms with Crippen molar-refractivity contribution < 1.29 is 0 Å². The van der Waals surface area contributed by atoms with Gasteiger partial charge in [0.05, 0.1) is 0 Å². The highest BCUT2D eigenvalue weighted by molar-refractivity contribution is 4.82. The van der Waals surface area contributed by atoms with Crippen molar-refractivity contribution in [2.75, 3.05) is 0 Å². The molecule has 0 spiro atoms. The maximum absolute atomic E-state index is 3.54. The number of hydrogen-bond acceptors (Lipinski definition) is 0. The lowest BCUT2D eigenvalue weighted by molar-refractivity contribution is 0.959. The molecular formula is C6H11. The number of unbranched alkanes of at least 4 members (excludes halogenated alkanes) is 1. The van der Waals surface area contributed by atoms with Crippen LogP contribution >= 0.6 is 0 Å². The van der Waals surface area contributed by atoms with Crippen molar-refractivity contribution in [3.8, 4) is 0 Å². The Balaban J connectivity index is 2.66. The highest BCUT2D eigenvalue weighted by Gasteiger charge is 1.64. The van der Waals surface area contributed by atoms with Crippen molar-refractivity contribution in [2.45, 2.75) is 19.8 Å². The highest BCUT2D eigenvalue weighted by Crippen LogP contribution is 1.85. The summed E-state index contributed by atoms with van der Waals surface area (Å²) in [6, 6.07) is 0. The first kappa shape index (κ1) is 5.74. The van der Waals surface area contributed by atoms with Crippen LogP contribution in [0.4, 0.5) is 0 Å². The SMILES string of the molecule is [CH2]C=CCCC. The van der Waals surface area contributed by atoms with Gasteiger partial charge in [0, 0.05) is 0 Å². The molecule has 0 rings (SSSR count). The average Bonchev–Trinajstić information content (AvgIpc) is 1.61. The molecule has 0 aliphatic rings. The molecule has 0 unspecified atom stereocenters. The van der Waals surface area contributed by atoms with E-state index in [0.29, 0.717) is 0 Å². The Morgan fingerprint density at radius 3 is 2.50 bits per heavy atom. The molecule has 0 saturated carbocycles. The first-order valence-corrected chi connectivity index (χ1v) is 2.36. The highest BCUT2D eigenvalue weighted by atomic mass is 13.7. The summed E-state index contributed by atoms with van der Waals surface area (Å²) in [7, 11) is 0. The molecule has 0 heteroatoms. The second-order valence-electron chi connectivity index (χ2n) is 1.26. The van der Waals surface area contributed by atoms with Gasteiger partial charge in [-0.2, -0.15) is 0 Å². The van der Waals surface area contributed by atoms with Gasteiger partial charge in [-0.3, -0.25) is 0 Å². The lowest BCUT2D eigenvalue weighted by Gasteiger charge is -1.76. The van der Waals surface area contributed by atoms with Gasteiger partial charge >= 0.3 is 0 Å². The molecule has 0 fully saturated rings. The first-order chi connectivity index (χ1) is 2.91. The Kier molecular flexibility index (Phi) is 4.53. The molecule has 0 bridgehead atoms. The summed E-state index contributed by atoms with van der Waals surface area (Å²) in [6.07, 6.45) is 6.30. The third-order valence-electron chi connectivity index (χ3n) is 0.622. The molecule has 0 aromatic heterocycles. The molecule has 0 saturated heterocycles. The van der Waals surface area contributed by atoms with Crippen molar-refractivity contribution in [3.63, 3.8) is 0 Å². The molecule has 1 radical (unpaired) electrons. The molecule has 0 aliphatic heterocycles. The lowest BCUT2D eigenvalue weighted by atomic mass is 10.3. The summed E-state index contributed by atoms with van der Waals surface area (Å²) in [5, 5.41) is 0. The minimum atomic E-state index is 1.17. The maximum atomic E-state index is 3.54. The molecule has 35 valence electrons. The minimum absolute atomic E-state index is 1.17. The smallest absolute Gasteiger partial charge is 0.0316 e. The maximum Gasteiger partial charge on any atom is -0.0316 e. The fourth-order valence-corrected chi connectivity index (χ4v) is 0.285. The van der Waals surface area contributed by atoms with Crippen LogP contribution in [0.3, 0.4) is 0 Å². The summed E-state index contributed by atoms with van der Waals surface area (Å²) in [5.41, 5.74) is 0. The Labute approximate surface area is 39.9 Å². The van der Waals surface area contributed by atoms with E-state index in [2.05, 4.69) is 19.9 Å². The zero-order valence-electron chi connectivity index (χ0n) is 4.28. The lowest BCUT2D eigenvalue weighted by Crippen LogP contribution is -1.55. The van der Waals surface area contributed by atoms with E-state index in [1.807, 2.05) is 6.08 Å².